The fourth-order valence-electron chi connectivity index (χ4n) is 3.24. The maximum atomic E-state index is 13.0. The zero-order valence-electron chi connectivity index (χ0n) is 14.2. The van der Waals surface area contributed by atoms with Crippen LogP contribution in [0.25, 0.3) is 11.0 Å². The normalized spacial score (nSPS) is 15.0. The van der Waals surface area contributed by atoms with Gasteiger partial charge in [-0.15, -0.1) is 0 Å². The molecular weight excluding hydrogens is 318 g/mol. The first-order chi connectivity index (χ1) is 12.3. The van der Waals surface area contributed by atoms with Gasteiger partial charge >= 0.3 is 0 Å². The van der Waals surface area contributed by atoms with Gasteiger partial charge in [0.15, 0.2) is 0 Å². The summed E-state index contributed by atoms with van der Waals surface area (Å²) in [5.74, 6) is 0.855. The lowest BCUT2D eigenvalue weighted by atomic mass is 10.3. The van der Waals surface area contributed by atoms with Crippen LogP contribution in [-0.4, -0.2) is 50.5 Å². The van der Waals surface area contributed by atoms with Crippen LogP contribution in [0.5, 0.6) is 0 Å². The first-order valence-electron chi connectivity index (χ1n) is 8.60. The largest absolute Gasteiger partial charge is 0.340 e. The molecule has 130 valence electrons. The van der Waals surface area contributed by atoms with Crippen molar-refractivity contribution in [3.05, 3.63) is 46.6 Å². The van der Waals surface area contributed by atoms with Crippen LogP contribution in [0.15, 0.2) is 35.4 Å². The van der Waals surface area contributed by atoms with Crippen LogP contribution in [0, 0.1) is 0 Å². The van der Waals surface area contributed by atoms with Crippen LogP contribution < -0.4 is 15.8 Å². The van der Waals surface area contributed by atoms with Gasteiger partial charge in [0.2, 0.25) is 5.95 Å². The smallest absolute Gasteiger partial charge is 0.293 e. The zero-order chi connectivity index (χ0) is 17.2. The van der Waals surface area contributed by atoms with E-state index >= 15 is 0 Å². The molecule has 0 aliphatic carbocycles. The summed E-state index contributed by atoms with van der Waals surface area (Å²) >= 11 is 0. The molecular formula is C17H21N7O. The Morgan fingerprint density at radius 1 is 1.24 bits per heavy atom. The van der Waals surface area contributed by atoms with Crippen LogP contribution in [0.4, 0.5) is 5.95 Å². The molecule has 3 aromatic rings. The number of fused-ring (bicyclic) bond motifs is 1. The second-order valence-corrected chi connectivity index (χ2v) is 6.06. The van der Waals surface area contributed by atoms with Crippen molar-refractivity contribution in [3.8, 4) is 0 Å². The maximum Gasteiger partial charge on any atom is 0.293 e. The van der Waals surface area contributed by atoms with Gasteiger partial charge in [-0.2, -0.15) is 5.10 Å². The number of hydrogen-bond acceptors (Lipinski definition) is 6. The van der Waals surface area contributed by atoms with E-state index in [4.69, 9.17) is 0 Å². The Morgan fingerprint density at radius 2 is 2.08 bits per heavy atom. The van der Waals surface area contributed by atoms with E-state index in [0.29, 0.717) is 24.1 Å². The first kappa shape index (κ1) is 15.8. The van der Waals surface area contributed by atoms with Crippen molar-refractivity contribution in [2.24, 2.45) is 0 Å². The van der Waals surface area contributed by atoms with E-state index in [1.807, 2.05) is 29.7 Å². The number of pyridine rings is 1. The van der Waals surface area contributed by atoms with Gasteiger partial charge in [-0.25, -0.2) is 9.67 Å². The molecule has 0 spiro atoms. The highest BCUT2D eigenvalue weighted by Gasteiger charge is 2.21. The predicted octanol–water partition coefficient (Wildman–Crippen LogP) is 0.466. The summed E-state index contributed by atoms with van der Waals surface area (Å²) in [6.07, 6.45) is 3.40. The monoisotopic (exact) mass is 339 g/mol. The van der Waals surface area contributed by atoms with Gasteiger partial charge in [0.05, 0.1) is 18.4 Å². The summed E-state index contributed by atoms with van der Waals surface area (Å²) in [6.45, 7) is 6.71. The first-order valence-corrected chi connectivity index (χ1v) is 8.60. The summed E-state index contributed by atoms with van der Waals surface area (Å²) in [4.78, 5) is 24.2. The molecule has 1 aliphatic heterocycles. The van der Waals surface area contributed by atoms with Crippen LogP contribution in [-0.2, 0) is 13.1 Å². The molecule has 8 heteroatoms. The highest BCUT2D eigenvalue weighted by molar-refractivity contribution is 5.77. The molecule has 0 aromatic carbocycles. The molecule has 0 bridgehead atoms. The quantitative estimate of drug-likeness (QED) is 0.744. The number of aryl methyl sites for hydroxylation is 1. The topological polar surface area (TPSA) is 80.9 Å². The van der Waals surface area contributed by atoms with Gasteiger partial charge < -0.3 is 14.8 Å². The van der Waals surface area contributed by atoms with Gasteiger partial charge in [-0.1, -0.05) is 6.07 Å². The number of hydrogen-bond donors (Lipinski definition) is 1. The standard InChI is InChI=1S/C17H21N7O/c1-2-23-15-14(21-17(23)22-9-7-18-8-10-22)11-20-24(16(15)25)12-13-5-3-4-6-19-13/h3-6,11,18H,2,7-10,12H2,1H3. The summed E-state index contributed by atoms with van der Waals surface area (Å²) in [5, 5.41) is 7.63. The summed E-state index contributed by atoms with van der Waals surface area (Å²) in [5.41, 5.74) is 1.94. The van der Waals surface area contributed by atoms with Crippen molar-refractivity contribution in [1.82, 2.24) is 29.6 Å². The molecule has 1 saturated heterocycles. The van der Waals surface area contributed by atoms with Gasteiger partial charge in [-0.05, 0) is 19.1 Å². The van der Waals surface area contributed by atoms with Gasteiger partial charge in [-0.3, -0.25) is 9.78 Å². The van der Waals surface area contributed by atoms with E-state index < -0.39 is 0 Å². The van der Waals surface area contributed by atoms with Gasteiger partial charge in [0, 0.05) is 38.9 Å². The number of nitrogens with zero attached hydrogens (tertiary/aromatic N) is 6. The van der Waals surface area contributed by atoms with Crippen LogP contribution in [0.1, 0.15) is 12.6 Å². The number of piperazine rings is 1. The van der Waals surface area contributed by atoms with E-state index in [-0.39, 0.29) is 5.56 Å². The second kappa shape index (κ2) is 6.64. The molecule has 0 amide bonds. The lowest BCUT2D eigenvalue weighted by Gasteiger charge is -2.28. The lowest BCUT2D eigenvalue weighted by molar-refractivity contribution is 0.569. The average Bonchev–Trinajstić information content (AvgIpc) is 3.05. The number of imidazole rings is 1. The number of aromatic nitrogens is 5. The minimum atomic E-state index is -0.126. The number of anilines is 1. The maximum absolute atomic E-state index is 13.0. The fraction of sp³-hybridized carbons (Fsp3) is 0.412. The lowest BCUT2D eigenvalue weighted by Crippen LogP contribution is -2.44. The highest BCUT2D eigenvalue weighted by Crippen LogP contribution is 2.20. The Hall–Kier alpha value is -2.74. The SMILES string of the molecule is CCn1c(N2CCNCC2)nc2cnn(Cc3ccccn3)c(=O)c21. The predicted molar refractivity (Wildman–Crippen MR) is 95.9 cm³/mol. The van der Waals surface area contributed by atoms with Crippen molar-refractivity contribution in [2.75, 3.05) is 31.1 Å². The van der Waals surface area contributed by atoms with E-state index in [1.165, 1.54) is 4.68 Å². The molecule has 4 rings (SSSR count). The summed E-state index contributed by atoms with van der Waals surface area (Å²) in [6, 6.07) is 5.65. The average molecular weight is 339 g/mol. The number of nitrogens with one attached hydrogen (secondary N) is 1. The van der Waals surface area contributed by atoms with E-state index in [1.54, 1.807) is 12.4 Å². The molecule has 4 heterocycles. The van der Waals surface area contributed by atoms with Gasteiger partial charge in [0.25, 0.3) is 5.56 Å². The molecule has 0 saturated carbocycles. The van der Waals surface area contributed by atoms with Crippen molar-refractivity contribution < 1.29 is 0 Å². The zero-order valence-corrected chi connectivity index (χ0v) is 14.2. The fourth-order valence-corrected chi connectivity index (χ4v) is 3.24. The van der Waals surface area contributed by atoms with Crippen molar-refractivity contribution >= 4 is 17.0 Å². The van der Waals surface area contributed by atoms with E-state index in [9.17, 15) is 4.79 Å². The van der Waals surface area contributed by atoms with E-state index in [2.05, 4.69) is 25.3 Å². The Morgan fingerprint density at radius 3 is 2.80 bits per heavy atom. The second-order valence-electron chi connectivity index (χ2n) is 6.06. The summed E-state index contributed by atoms with van der Waals surface area (Å²) < 4.78 is 3.46. The van der Waals surface area contributed by atoms with E-state index in [0.717, 1.165) is 37.8 Å². The third-order valence-corrected chi connectivity index (χ3v) is 4.48. The van der Waals surface area contributed by atoms with Crippen molar-refractivity contribution in [2.45, 2.75) is 20.0 Å². The Labute approximate surface area is 145 Å². The van der Waals surface area contributed by atoms with Crippen molar-refractivity contribution in [3.63, 3.8) is 0 Å². The minimum Gasteiger partial charge on any atom is -0.340 e. The molecule has 1 N–H and O–H groups in total. The Balaban J connectivity index is 1.79. The molecule has 1 fully saturated rings. The number of rotatable bonds is 4. The Bertz CT molecular complexity index is 925. The minimum absolute atomic E-state index is 0.126. The van der Waals surface area contributed by atoms with Crippen LogP contribution in [0.2, 0.25) is 0 Å². The third kappa shape index (κ3) is 2.89. The van der Waals surface area contributed by atoms with Crippen LogP contribution >= 0.6 is 0 Å². The molecule has 3 aromatic heterocycles. The third-order valence-electron chi connectivity index (χ3n) is 4.48. The highest BCUT2D eigenvalue weighted by atomic mass is 16.1. The summed E-state index contributed by atoms with van der Waals surface area (Å²) in [7, 11) is 0. The molecule has 0 radical (unpaired) electrons. The Kier molecular flexibility index (Phi) is 4.19. The van der Waals surface area contributed by atoms with Crippen LogP contribution in [0.3, 0.4) is 0 Å². The molecule has 1 aliphatic rings. The van der Waals surface area contributed by atoms with Crippen molar-refractivity contribution in [1.29, 1.82) is 0 Å². The molecule has 8 nitrogen and oxygen atoms in total. The molecule has 0 unspecified atom stereocenters. The molecule has 25 heavy (non-hydrogen) atoms. The molecule has 0 atom stereocenters. The van der Waals surface area contributed by atoms with Gasteiger partial charge in [0.1, 0.15) is 11.0 Å².